The zero-order valence-corrected chi connectivity index (χ0v) is 20.3. The molecular weight excluding hydrogens is 468 g/mol. The van der Waals surface area contributed by atoms with Gasteiger partial charge in [0.1, 0.15) is 0 Å². The fourth-order valence-electron chi connectivity index (χ4n) is 3.60. The molecule has 0 radical (unpaired) electrons. The van der Waals surface area contributed by atoms with Crippen LogP contribution in [0.1, 0.15) is 11.1 Å². The molecule has 0 aromatic heterocycles. The topological polar surface area (TPSA) is 92.3 Å². The van der Waals surface area contributed by atoms with Crippen molar-refractivity contribution in [3.05, 3.63) is 108 Å². The molecule has 0 unspecified atom stereocenters. The summed E-state index contributed by atoms with van der Waals surface area (Å²) in [5.74, 6) is 0. The predicted molar refractivity (Wildman–Crippen MR) is 136 cm³/mol. The second-order valence-corrected chi connectivity index (χ2v) is 11.2. The normalized spacial score (nSPS) is 11.7. The quantitative estimate of drug-likeness (QED) is 0.353. The van der Waals surface area contributed by atoms with Gasteiger partial charge in [0.2, 0.25) is 0 Å². The molecule has 2 N–H and O–H groups in total. The summed E-state index contributed by atoms with van der Waals surface area (Å²) in [6, 6.07) is 27.6. The third kappa shape index (κ3) is 5.13. The van der Waals surface area contributed by atoms with Crippen molar-refractivity contribution in [3.63, 3.8) is 0 Å². The van der Waals surface area contributed by atoms with E-state index in [0.29, 0.717) is 22.5 Å². The first kappa shape index (κ1) is 23.5. The van der Waals surface area contributed by atoms with Crippen molar-refractivity contribution < 1.29 is 16.8 Å². The van der Waals surface area contributed by atoms with Crippen molar-refractivity contribution in [3.8, 4) is 11.1 Å². The van der Waals surface area contributed by atoms with Crippen molar-refractivity contribution in [2.24, 2.45) is 0 Å². The molecule has 0 saturated heterocycles. The van der Waals surface area contributed by atoms with E-state index < -0.39 is 20.0 Å². The van der Waals surface area contributed by atoms with Gasteiger partial charge in [-0.05, 0) is 72.5 Å². The van der Waals surface area contributed by atoms with Gasteiger partial charge in [-0.3, -0.25) is 9.44 Å². The number of aryl methyl sites for hydroxylation is 2. The van der Waals surface area contributed by atoms with Crippen LogP contribution in [0.2, 0.25) is 0 Å². The summed E-state index contributed by atoms with van der Waals surface area (Å²) in [5, 5.41) is 0. The van der Waals surface area contributed by atoms with E-state index >= 15 is 0 Å². The van der Waals surface area contributed by atoms with Crippen LogP contribution < -0.4 is 9.44 Å². The average molecular weight is 493 g/mol. The molecule has 0 aliphatic carbocycles. The molecule has 174 valence electrons. The minimum Gasteiger partial charge on any atom is -0.280 e. The average Bonchev–Trinajstić information content (AvgIpc) is 2.80. The second-order valence-electron chi connectivity index (χ2n) is 7.90. The molecule has 0 spiro atoms. The van der Waals surface area contributed by atoms with Crippen LogP contribution in [-0.2, 0) is 20.0 Å². The molecule has 4 aromatic rings. The number of anilines is 2. The third-order valence-electron chi connectivity index (χ3n) is 5.37. The summed E-state index contributed by atoms with van der Waals surface area (Å²) < 4.78 is 56.0. The van der Waals surface area contributed by atoms with Gasteiger partial charge >= 0.3 is 0 Å². The van der Waals surface area contributed by atoms with Gasteiger partial charge in [-0.25, -0.2) is 16.8 Å². The molecule has 0 bridgehead atoms. The Morgan fingerprint density at radius 3 is 1.12 bits per heavy atom. The standard InChI is InChI=1S/C26H24N2O4S2/c1-19-7-3-5-9-25(19)33(29,30)27-23-15-11-21(12-16-23)22-13-17-24(18-14-22)28-34(31,32)26-10-6-4-8-20(26)2/h3-18,27-28H,1-2H3. The monoisotopic (exact) mass is 492 g/mol. The fourth-order valence-corrected chi connectivity index (χ4v) is 6.21. The largest absolute Gasteiger partial charge is 0.280 e. The first-order chi connectivity index (χ1) is 16.2. The Balaban J connectivity index is 1.49. The summed E-state index contributed by atoms with van der Waals surface area (Å²) in [6.45, 7) is 3.50. The van der Waals surface area contributed by atoms with E-state index in [0.717, 1.165) is 11.1 Å². The molecule has 0 aliphatic heterocycles. The van der Waals surface area contributed by atoms with Gasteiger partial charge < -0.3 is 0 Å². The molecule has 8 heteroatoms. The van der Waals surface area contributed by atoms with Crippen molar-refractivity contribution in [2.45, 2.75) is 23.6 Å². The lowest BCUT2D eigenvalue weighted by Crippen LogP contribution is -2.14. The summed E-state index contributed by atoms with van der Waals surface area (Å²) in [7, 11) is -7.37. The molecule has 0 aliphatic rings. The zero-order valence-electron chi connectivity index (χ0n) is 18.7. The number of benzene rings is 4. The van der Waals surface area contributed by atoms with Gasteiger partial charge in [-0.15, -0.1) is 0 Å². The van der Waals surface area contributed by atoms with Crippen molar-refractivity contribution >= 4 is 31.4 Å². The van der Waals surface area contributed by atoms with Gasteiger partial charge in [0.25, 0.3) is 20.0 Å². The van der Waals surface area contributed by atoms with Crippen LogP contribution in [0.25, 0.3) is 11.1 Å². The van der Waals surface area contributed by atoms with E-state index in [2.05, 4.69) is 9.44 Å². The van der Waals surface area contributed by atoms with Crippen molar-refractivity contribution in [1.29, 1.82) is 0 Å². The Hall–Kier alpha value is -3.62. The molecule has 0 amide bonds. The maximum atomic E-state index is 12.7. The first-order valence-electron chi connectivity index (χ1n) is 10.5. The maximum Gasteiger partial charge on any atom is 0.262 e. The van der Waals surface area contributed by atoms with Gasteiger partial charge in [0.05, 0.1) is 9.79 Å². The molecule has 0 fully saturated rings. The Bertz CT molecular complexity index is 1410. The molecule has 34 heavy (non-hydrogen) atoms. The highest BCUT2D eigenvalue weighted by Gasteiger charge is 2.17. The van der Waals surface area contributed by atoms with Crippen LogP contribution in [0, 0.1) is 13.8 Å². The lowest BCUT2D eigenvalue weighted by atomic mass is 10.1. The molecule has 0 atom stereocenters. The molecule has 0 heterocycles. The summed E-state index contributed by atoms with van der Waals surface area (Å²) in [5.41, 5.74) is 3.98. The number of hydrogen-bond donors (Lipinski definition) is 2. The van der Waals surface area contributed by atoms with E-state index in [1.807, 2.05) is 24.3 Å². The minimum absolute atomic E-state index is 0.239. The molecule has 6 nitrogen and oxygen atoms in total. The predicted octanol–water partition coefficient (Wildman–Crippen LogP) is 5.57. The summed E-state index contributed by atoms with van der Waals surface area (Å²) in [4.78, 5) is 0.477. The third-order valence-corrected chi connectivity index (χ3v) is 8.46. The van der Waals surface area contributed by atoms with E-state index in [1.54, 1.807) is 86.6 Å². The Morgan fingerprint density at radius 1 is 0.471 bits per heavy atom. The highest BCUT2D eigenvalue weighted by Crippen LogP contribution is 2.26. The number of sulfonamides is 2. The highest BCUT2D eigenvalue weighted by molar-refractivity contribution is 7.93. The van der Waals surface area contributed by atoms with Crippen LogP contribution in [0.4, 0.5) is 11.4 Å². The highest BCUT2D eigenvalue weighted by atomic mass is 32.2. The van der Waals surface area contributed by atoms with E-state index in [1.165, 1.54) is 0 Å². The lowest BCUT2D eigenvalue weighted by Gasteiger charge is -2.12. The number of nitrogens with one attached hydrogen (secondary N) is 2. The summed E-state index contributed by atoms with van der Waals surface area (Å²) in [6.07, 6.45) is 0. The lowest BCUT2D eigenvalue weighted by molar-refractivity contribution is 0.599. The molecule has 4 rings (SSSR count). The Kier molecular flexibility index (Phi) is 6.45. The van der Waals surface area contributed by atoms with Crippen LogP contribution in [0.5, 0.6) is 0 Å². The molecule has 0 saturated carbocycles. The zero-order chi connectivity index (χ0) is 24.3. The fraction of sp³-hybridized carbons (Fsp3) is 0.0769. The second kappa shape index (κ2) is 9.32. The van der Waals surface area contributed by atoms with Gasteiger partial charge in [-0.1, -0.05) is 60.7 Å². The molecule has 4 aromatic carbocycles. The van der Waals surface area contributed by atoms with Crippen LogP contribution in [0.15, 0.2) is 107 Å². The Morgan fingerprint density at radius 2 is 0.794 bits per heavy atom. The van der Waals surface area contributed by atoms with Crippen molar-refractivity contribution in [1.82, 2.24) is 0 Å². The van der Waals surface area contributed by atoms with Gasteiger partial charge in [0, 0.05) is 11.4 Å². The smallest absolute Gasteiger partial charge is 0.262 e. The van der Waals surface area contributed by atoms with Gasteiger partial charge in [-0.2, -0.15) is 0 Å². The minimum atomic E-state index is -3.69. The van der Waals surface area contributed by atoms with Crippen LogP contribution >= 0.6 is 0 Å². The van der Waals surface area contributed by atoms with E-state index in [9.17, 15) is 16.8 Å². The van der Waals surface area contributed by atoms with Crippen LogP contribution in [-0.4, -0.2) is 16.8 Å². The van der Waals surface area contributed by atoms with E-state index in [-0.39, 0.29) is 9.79 Å². The van der Waals surface area contributed by atoms with Crippen LogP contribution in [0.3, 0.4) is 0 Å². The number of rotatable bonds is 7. The summed E-state index contributed by atoms with van der Waals surface area (Å²) >= 11 is 0. The maximum absolute atomic E-state index is 12.7. The molecular formula is C26H24N2O4S2. The Labute approximate surface area is 200 Å². The van der Waals surface area contributed by atoms with Crippen molar-refractivity contribution in [2.75, 3.05) is 9.44 Å². The van der Waals surface area contributed by atoms with Gasteiger partial charge in [0.15, 0.2) is 0 Å². The first-order valence-corrected chi connectivity index (χ1v) is 13.5. The number of hydrogen-bond acceptors (Lipinski definition) is 4. The SMILES string of the molecule is Cc1ccccc1S(=O)(=O)Nc1ccc(-c2ccc(NS(=O)(=O)c3ccccc3C)cc2)cc1. The van der Waals surface area contributed by atoms with E-state index in [4.69, 9.17) is 0 Å².